The van der Waals surface area contributed by atoms with E-state index in [-0.39, 0.29) is 0 Å². The monoisotopic (exact) mass is 186 g/mol. The summed E-state index contributed by atoms with van der Waals surface area (Å²) in [6.07, 6.45) is 3.17. The maximum absolute atomic E-state index is 4.25. The van der Waals surface area contributed by atoms with E-state index in [1.807, 2.05) is 19.1 Å². The summed E-state index contributed by atoms with van der Waals surface area (Å²) < 4.78 is 0. The molecule has 0 unspecified atom stereocenters. The average Bonchev–Trinajstić information content (AvgIpc) is 2.51. The van der Waals surface area contributed by atoms with Crippen molar-refractivity contribution < 1.29 is 0 Å². The molecule has 0 spiro atoms. The zero-order valence-corrected chi connectivity index (χ0v) is 7.86. The standard InChI is InChI=1S/C10H10N4/c1-7-9(13-6-11-2)10-8(14-7)4-3-5-12-10/h3-6,14H,2H2,1H3. The Morgan fingerprint density at radius 3 is 3.21 bits per heavy atom. The molecule has 2 aromatic heterocycles. The molecule has 14 heavy (non-hydrogen) atoms. The van der Waals surface area contributed by atoms with E-state index in [9.17, 15) is 0 Å². The second-order valence-electron chi connectivity index (χ2n) is 2.93. The molecule has 70 valence electrons. The molecule has 4 heteroatoms. The van der Waals surface area contributed by atoms with E-state index in [2.05, 4.69) is 26.7 Å². The van der Waals surface area contributed by atoms with Crippen LogP contribution in [0, 0.1) is 6.92 Å². The van der Waals surface area contributed by atoms with E-state index < -0.39 is 0 Å². The molecule has 0 saturated carbocycles. The Bertz CT molecular complexity index is 496. The molecular formula is C10H10N4. The van der Waals surface area contributed by atoms with Crippen molar-refractivity contribution >= 4 is 29.8 Å². The van der Waals surface area contributed by atoms with Crippen LogP contribution in [-0.2, 0) is 0 Å². The second kappa shape index (κ2) is 3.41. The SMILES string of the molecule is C=NC=Nc1c(C)[nH]c2cccnc12. The summed E-state index contributed by atoms with van der Waals surface area (Å²) in [4.78, 5) is 15.2. The molecule has 0 amide bonds. The van der Waals surface area contributed by atoms with Gasteiger partial charge in [-0.05, 0) is 25.8 Å². The zero-order valence-electron chi connectivity index (χ0n) is 7.86. The van der Waals surface area contributed by atoms with Gasteiger partial charge in [-0.1, -0.05) is 0 Å². The lowest BCUT2D eigenvalue weighted by molar-refractivity contribution is 1.28. The lowest BCUT2D eigenvalue weighted by Crippen LogP contribution is -1.72. The van der Waals surface area contributed by atoms with Crippen molar-refractivity contribution in [3.05, 3.63) is 24.0 Å². The summed E-state index contributed by atoms with van der Waals surface area (Å²) in [5.74, 6) is 0. The molecule has 0 aliphatic carbocycles. The number of H-pyrrole nitrogens is 1. The van der Waals surface area contributed by atoms with Gasteiger partial charge in [0.1, 0.15) is 17.5 Å². The zero-order chi connectivity index (χ0) is 9.97. The average molecular weight is 186 g/mol. The second-order valence-corrected chi connectivity index (χ2v) is 2.93. The van der Waals surface area contributed by atoms with Crippen LogP contribution in [0.1, 0.15) is 5.69 Å². The van der Waals surface area contributed by atoms with Crippen molar-refractivity contribution in [2.45, 2.75) is 6.92 Å². The van der Waals surface area contributed by atoms with Crippen LogP contribution in [-0.4, -0.2) is 23.0 Å². The van der Waals surface area contributed by atoms with E-state index in [1.165, 1.54) is 6.34 Å². The van der Waals surface area contributed by atoms with Gasteiger partial charge >= 0.3 is 0 Å². The van der Waals surface area contributed by atoms with Gasteiger partial charge < -0.3 is 4.98 Å². The van der Waals surface area contributed by atoms with Crippen molar-refractivity contribution in [3.63, 3.8) is 0 Å². The fraction of sp³-hybridized carbons (Fsp3) is 0.100. The molecule has 2 heterocycles. The molecule has 1 N–H and O–H groups in total. The van der Waals surface area contributed by atoms with Crippen LogP contribution in [0.4, 0.5) is 5.69 Å². The highest BCUT2D eigenvalue weighted by atomic mass is 14.9. The predicted octanol–water partition coefficient (Wildman–Crippen LogP) is 2.23. The molecule has 0 atom stereocenters. The van der Waals surface area contributed by atoms with Crippen molar-refractivity contribution in [2.24, 2.45) is 9.98 Å². The van der Waals surface area contributed by atoms with Crippen LogP contribution in [0.3, 0.4) is 0 Å². The molecular weight excluding hydrogens is 176 g/mol. The van der Waals surface area contributed by atoms with Gasteiger partial charge in [-0.25, -0.2) is 4.99 Å². The summed E-state index contributed by atoms with van der Waals surface area (Å²) in [6, 6.07) is 3.85. The number of rotatable bonds is 2. The number of pyridine rings is 1. The Hall–Kier alpha value is -1.97. The molecule has 0 bridgehead atoms. The van der Waals surface area contributed by atoms with Crippen LogP contribution in [0.25, 0.3) is 11.0 Å². The third kappa shape index (κ3) is 1.31. The Kier molecular flexibility index (Phi) is 2.10. The van der Waals surface area contributed by atoms with Crippen LogP contribution >= 0.6 is 0 Å². The van der Waals surface area contributed by atoms with Gasteiger partial charge in [-0.2, -0.15) is 0 Å². The third-order valence-electron chi connectivity index (χ3n) is 1.98. The maximum Gasteiger partial charge on any atom is 0.115 e. The van der Waals surface area contributed by atoms with E-state index in [1.54, 1.807) is 6.20 Å². The summed E-state index contributed by atoms with van der Waals surface area (Å²) in [7, 11) is 0. The van der Waals surface area contributed by atoms with Crippen molar-refractivity contribution in [1.29, 1.82) is 0 Å². The predicted molar refractivity (Wildman–Crippen MR) is 58.5 cm³/mol. The minimum absolute atomic E-state index is 0.827. The third-order valence-corrected chi connectivity index (χ3v) is 1.98. The van der Waals surface area contributed by atoms with Crippen LogP contribution < -0.4 is 0 Å². The van der Waals surface area contributed by atoms with Crippen LogP contribution in [0.5, 0.6) is 0 Å². The highest BCUT2D eigenvalue weighted by Gasteiger charge is 2.06. The number of nitrogens with zero attached hydrogens (tertiary/aromatic N) is 3. The van der Waals surface area contributed by atoms with Gasteiger partial charge in [0, 0.05) is 11.9 Å². The number of hydrogen-bond donors (Lipinski definition) is 1. The van der Waals surface area contributed by atoms with Gasteiger partial charge in [0.2, 0.25) is 0 Å². The number of hydrogen-bond acceptors (Lipinski definition) is 2. The van der Waals surface area contributed by atoms with Gasteiger partial charge in [-0.3, -0.25) is 9.98 Å². The van der Waals surface area contributed by atoms with E-state index in [0.29, 0.717) is 0 Å². The number of aromatic nitrogens is 2. The van der Waals surface area contributed by atoms with Crippen molar-refractivity contribution in [1.82, 2.24) is 9.97 Å². The lowest BCUT2D eigenvalue weighted by Gasteiger charge is -1.89. The normalized spacial score (nSPS) is 11.2. The van der Waals surface area contributed by atoms with Gasteiger partial charge in [-0.15, -0.1) is 0 Å². The van der Waals surface area contributed by atoms with E-state index in [4.69, 9.17) is 0 Å². The number of aromatic amines is 1. The molecule has 4 nitrogen and oxygen atoms in total. The Balaban J connectivity index is 2.67. The number of aryl methyl sites for hydroxylation is 1. The summed E-state index contributed by atoms with van der Waals surface area (Å²) >= 11 is 0. The van der Waals surface area contributed by atoms with Crippen LogP contribution in [0.2, 0.25) is 0 Å². The Labute approximate surface area is 81.4 Å². The fourth-order valence-electron chi connectivity index (χ4n) is 1.39. The molecule has 0 fully saturated rings. The summed E-state index contributed by atoms with van der Waals surface area (Å²) in [5.41, 5.74) is 3.66. The number of aliphatic imine (C=N–C) groups is 2. The van der Waals surface area contributed by atoms with E-state index >= 15 is 0 Å². The first kappa shape index (κ1) is 8.62. The molecule has 0 saturated heterocycles. The summed E-state index contributed by atoms with van der Waals surface area (Å²) in [6.45, 7) is 5.30. The van der Waals surface area contributed by atoms with Gasteiger partial charge in [0.05, 0.1) is 5.52 Å². The maximum atomic E-state index is 4.25. The lowest BCUT2D eigenvalue weighted by atomic mass is 10.3. The van der Waals surface area contributed by atoms with Gasteiger partial charge in [0.15, 0.2) is 0 Å². The number of fused-ring (bicyclic) bond motifs is 1. The van der Waals surface area contributed by atoms with Gasteiger partial charge in [0.25, 0.3) is 0 Å². The highest BCUT2D eigenvalue weighted by molar-refractivity contribution is 5.90. The quantitative estimate of drug-likeness (QED) is 0.567. The molecule has 2 rings (SSSR count). The van der Waals surface area contributed by atoms with Crippen molar-refractivity contribution in [2.75, 3.05) is 0 Å². The first-order valence-electron chi connectivity index (χ1n) is 4.24. The topological polar surface area (TPSA) is 53.4 Å². The molecule has 2 aromatic rings. The minimum atomic E-state index is 0.827. The highest BCUT2D eigenvalue weighted by Crippen LogP contribution is 2.27. The van der Waals surface area contributed by atoms with Crippen LogP contribution in [0.15, 0.2) is 28.3 Å². The smallest absolute Gasteiger partial charge is 0.115 e. The fourth-order valence-corrected chi connectivity index (χ4v) is 1.39. The largest absolute Gasteiger partial charge is 0.355 e. The molecule has 0 radical (unpaired) electrons. The summed E-state index contributed by atoms with van der Waals surface area (Å²) in [5, 5.41) is 0. The first-order chi connectivity index (χ1) is 6.83. The molecule has 0 aliphatic rings. The minimum Gasteiger partial charge on any atom is -0.355 e. The van der Waals surface area contributed by atoms with E-state index in [0.717, 1.165) is 22.4 Å². The Morgan fingerprint density at radius 1 is 1.57 bits per heavy atom. The molecule has 0 aromatic carbocycles. The van der Waals surface area contributed by atoms with Crippen molar-refractivity contribution in [3.8, 4) is 0 Å². The molecule has 0 aliphatic heterocycles. The number of nitrogens with one attached hydrogen (secondary N) is 1. The Morgan fingerprint density at radius 2 is 2.43 bits per heavy atom. The first-order valence-corrected chi connectivity index (χ1v) is 4.24.